The van der Waals surface area contributed by atoms with Gasteiger partial charge in [-0.1, -0.05) is 67.8 Å². The first-order valence-electron chi connectivity index (χ1n) is 14.1. The second kappa shape index (κ2) is 11.3. The highest BCUT2D eigenvalue weighted by Crippen LogP contribution is 2.44. The van der Waals surface area contributed by atoms with Gasteiger partial charge in [0.1, 0.15) is 12.4 Å². The van der Waals surface area contributed by atoms with Crippen molar-refractivity contribution in [3.05, 3.63) is 83.7 Å². The number of halogens is 1. The molecule has 1 aliphatic carbocycles. The molecule has 1 aromatic heterocycles. The quantitative estimate of drug-likeness (QED) is 0.295. The van der Waals surface area contributed by atoms with Gasteiger partial charge in [-0.15, -0.1) is 0 Å². The Morgan fingerprint density at radius 3 is 2.30 bits per heavy atom. The topological polar surface area (TPSA) is 71.8 Å². The van der Waals surface area contributed by atoms with Crippen molar-refractivity contribution in [1.82, 2.24) is 9.47 Å². The van der Waals surface area contributed by atoms with E-state index >= 15 is 0 Å². The Morgan fingerprint density at radius 2 is 1.60 bits per heavy atom. The number of fused-ring (bicyclic) bond motifs is 1. The van der Waals surface area contributed by atoms with E-state index in [4.69, 9.17) is 4.74 Å². The number of rotatable bonds is 6. The lowest BCUT2D eigenvalue weighted by molar-refractivity contribution is -0.135. The van der Waals surface area contributed by atoms with E-state index in [1.165, 1.54) is 18.1 Å². The number of carboxylic acids is 1. The summed E-state index contributed by atoms with van der Waals surface area (Å²) >= 11 is 0. The molecule has 0 radical (unpaired) electrons. The van der Waals surface area contributed by atoms with E-state index in [0.717, 1.165) is 53.4 Å². The van der Waals surface area contributed by atoms with E-state index in [1.54, 1.807) is 24.3 Å². The number of morpholine rings is 1. The van der Waals surface area contributed by atoms with Crippen molar-refractivity contribution in [3.8, 4) is 22.4 Å². The predicted molar refractivity (Wildman–Crippen MR) is 153 cm³/mol. The molecule has 206 valence electrons. The normalized spacial score (nSPS) is 16.4. The van der Waals surface area contributed by atoms with Gasteiger partial charge in [0.2, 0.25) is 5.91 Å². The van der Waals surface area contributed by atoms with Crippen molar-refractivity contribution < 1.29 is 23.8 Å². The first-order chi connectivity index (χ1) is 19.5. The van der Waals surface area contributed by atoms with Gasteiger partial charge in [0, 0.05) is 24.0 Å². The minimum absolute atomic E-state index is 0.0136. The Labute approximate surface area is 233 Å². The summed E-state index contributed by atoms with van der Waals surface area (Å²) in [6.45, 7) is 2.22. The van der Waals surface area contributed by atoms with Gasteiger partial charge in [0.25, 0.3) is 0 Å². The Hall–Kier alpha value is -3.97. The number of aromatic carboxylic acids is 1. The summed E-state index contributed by atoms with van der Waals surface area (Å²) in [5.41, 5.74) is 5.34. The number of carboxylic acid groups (broad SMARTS) is 1. The van der Waals surface area contributed by atoms with Crippen LogP contribution in [0.25, 0.3) is 33.3 Å². The molecule has 1 N–H and O–H groups in total. The fourth-order valence-corrected chi connectivity index (χ4v) is 6.34. The minimum Gasteiger partial charge on any atom is -0.478 e. The zero-order valence-electron chi connectivity index (χ0n) is 22.4. The number of hydrogen-bond donors (Lipinski definition) is 1. The third-order valence-corrected chi connectivity index (χ3v) is 8.36. The zero-order chi connectivity index (χ0) is 27.6. The molecule has 3 aromatic carbocycles. The number of carbonyl (C=O) groups excluding carboxylic acids is 1. The molecule has 0 spiro atoms. The number of ether oxygens (including phenoxy) is 1. The van der Waals surface area contributed by atoms with Crippen LogP contribution in [0.3, 0.4) is 0 Å². The van der Waals surface area contributed by atoms with Gasteiger partial charge in [0.15, 0.2) is 0 Å². The van der Waals surface area contributed by atoms with Crippen LogP contribution in [-0.4, -0.2) is 52.8 Å². The maximum Gasteiger partial charge on any atom is 0.335 e. The molecule has 2 heterocycles. The van der Waals surface area contributed by atoms with Gasteiger partial charge in [-0.05, 0) is 53.6 Å². The molecule has 1 aliphatic heterocycles. The highest BCUT2D eigenvalue weighted by Gasteiger charge is 2.29. The molecular formula is C33H33FN2O4. The van der Waals surface area contributed by atoms with Crippen LogP contribution in [0, 0.1) is 5.82 Å². The molecule has 4 aromatic rings. The molecule has 40 heavy (non-hydrogen) atoms. The standard InChI is InChI=1S/C33H33FN2O4/c34-28-9-5-4-8-26(28)22-10-12-24(13-11-22)32-31(23-6-2-1-3-7-23)27-15-14-25(33(38)39)20-29(27)36(32)21-30(37)35-16-18-40-19-17-35/h4-5,8-15,20,23H,1-3,6-7,16-19,21H2,(H,38,39). The summed E-state index contributed by atoms with van der Waals surface area (Å²) in [6.07, 6.45) is 5.60. The molecule has 0 unspecified atom stereocenters. The first-order valence-corrected chi connectivity index (χ1v) is 14.1. The summed E-state index contributed by atoms with van der Waals surface area (Å²) in [4.78, 5) is 27.3. The molecule has 6 nitrogen and oxygen atoms in total. The fraction of sp³-hybridized carbons (Fsp3) is 0.333. The Kier molecular flexibility index (Phi) is 7.39. The molecule has 7 heteroatoms. The maximum absolute atomic E-state index is 14.5. The fourth-order valence-electron chi connectivity index (χ4n) is 6.34. The number of hydrogen-bond acceptors (Lipinski definition) is 3. The van der Waals surface area contributed by atoms with E-state index in [9.17, 15) is 19.1 Å². The van der Waals surface area contributed by atoms with Crippen LogP contribution in [0.2, 0.25) is 0 Å². The lowest BCUT2D eigenvalue weighted by Gasteiger charge is -2.28. The van der Waals surface area contributed by atoms with Gasteiger partial charge < -0.3 is 19.3 Å². The van der Waals surface area contributed by atoms with Gasteiger partial charge in [-0.2, -0.15) is 0 Å². The van der Waals surface area contributed by atoms with Crippen molar-refractivity contribution >= 4 is 22.8 Å². The molecule has 2 fully saturated rings. The molecule has 1 amide bonds. The van der Waals surface area contributed by atoms with E-state index in [0.29, 0.717) is 37.8 Å². The maximum atomic E-state index is 14.5. The molecule has 2 aliphatic rings. The average molecular weight is 541 g/mol. The van der Waals surface area contributed by atoms with Crippen molar-refractivity contribution in [1.29, 1.82) is 0 Å². The lowest BCUT2D eigenvalue weighted by Crippen LogP contribution is -2.42. The summed E-state index contributed by atoms with van der Waals surface area (Å²) in [5, 5.41) is 10.8. The highest BCUT2D eigenvalue weighted by atomic mass is 19.1. The first kappa shape index (κ1) is 26.3. The molecule has 6 rings (SSSR count). The van der Waals surface area contributed by atoms with Crippen LogP contribution in [-0.2, 0) is 16.1 Å². The molecular weight excluding hydrogens is 507 g/mol. The zero-order valence-corrected chi connectivity index (χ0v) is 22.4. The highest BCUT2D eigenvalue weighted by molar-refractivity contribution is 5.99. The van der Waals surface area contributed by atoms with Crippen molar-refractivity contribution in [2.75, 3.05) is 26.3 Å². The monoisotopic (exact) mass is 540 g/mol. The summed E-state index contributed by atoms with van der Waals surface area (Å²) in [7, 11) is 0. The number of amides is 1. The van der Waals surface area contributed by atoms with Gasteiger partial charge in [0.05, 0.1) is 30.0 Å². The average Bonchev–Trinajstić information content (AvgIpc) is 3.31. The van der Waals surface area contributed by atoms with Crippen LogP contribution in [0.5, 0.6) is 0 Å². The van der Waals surface area contributed by atoms with E-state index in [2.05, 4.69) is 0 Å². The number of nitrogens with zero attached hydrogens (tertiary/aromatic N) is 2. The van der Waals surface area contributed by atoms with Gasteiger partial charge in [-0.25, -0.2) is 9.18 Å². The lowest BCUT2D eigenvalue weighted by atomic mass is 9.81. The largest absolute Gasteiger partial charge is 0.478 e. The summed E-state index contributed by atoms with van der Waals surface area (Å²) in [5.74, 6) is -0.970. The predicted octanol–water partition coefficient (Wildman–Crippen LogP) is 6.72. The van der Waals surface area contributed by atoms with Gasteiger partial charge in [-0.3, -0.25) is 4.79 Å². The minimum atomic E-state index is -0.996. The van der Waals surface area contributed by atoms with Gasteiger partial charge >= 0.3 is 5.97 Å². The Balaban J connectivity index is 1.53. The molecule has 1 saturated carbocycles. The number of benzene rings is 3. The third kappa shape index (κ3) is 5.02. The van der Waals surface area contributed by atoms with E-state index in [-0.39, 0.29) is 23.8 Å². The molecule has 1 saturated heterocycles. The second-order valence-corrected chi connectivity index (χ2v) is 10.8. The van der Waals surface area contributed by atoms with E-state index in [1.807, 2.05) is 45.9 Å². The second-order valence-electron chi connectivity index (χ2n) is 10.8. The smallest absolute Gasteiger partial charge is 0.335 e. The SMILES string of the molecule is O=C(O)c1ccc2c(C3CCCCC3)c(-c3ccc(-c4ccccc4F)cc3)n(CC(=O)N3CCOCC3)c2c1. The van der Waals surface area contributed by atoms with Crippen LogP contribution in [0.4, 0.5) is 4.39 Å². The van der Waals surface area contributed by atoms with Crippen molar-refractivity contribution in [3.63, 3.8) is 0 Å². The Bertz CT molecular complexity index is 1550. The van der Waals surface area contributed by atoms with Crippen LogP contribution < -0.4 is 0 Å². The Morgan fingerprint density at radius 1 is 0.900 bits per heavy atom. The van der Waals surface area contributed by atoms with Crippen LogP contribution in [0.15, 0.2) is 66.7 Å². The number of carbonyl (C=O) groups is 2. The van der Waals surface area contributed by atoms with Crippen LogP contribution in [0.1, 0.15) is 53.9 Å². The summed E-state index contributed by atoms with van der Waals surface area (Å²) < 4.78 is 22.0. The van der Waals surface area contributed by atoms with Crippen molar-refractivity contribution in [2.24, 2.45) is 0 Å². The third-order valence-electron chi connectivity index (χ3n) is 8.36. The van der Waals surface area contributed by atoms with Crippen molar-refractivity contribution in [2.45, 2.75) is 44.6 Å². The molecule has 0 bridgehead atoms. The van der Waals surface area contributed by atoms with E-state index < -0.39 is 5.97 Å². The molecule has 0 atom stereocenters. The van der Waals surface area contributed by atoms with Crippen LogP contribution >= 0.6 is 0 Å². The summed E-state index contributed by atoms with van der Waals surface area (Å²) in [6, 6.07) is 19.8. The number of aromatic nitrogens is 1.